The van der Waals surface area contributed by atoms with Gasteiger partial charge >= 0.3 is 0 Å². The Balaban J connectivity index is 2.38. The quantitative estimate of drug-likeness (QED) is 0.493. The van der Waals surface area contributed by atoms with Gasteiger partial charge in [0.25, 0.3) is 0 Å². The molecule has 1 aliphatic rings. The van der Waals surface area contributed by atoms with Crippen molar-refractivity contribution < 1.29 is 8.87 Å². The molecule has 0 radical (unpaired) electrons. The van der Waals surface area contributed by atoms with E-state index in [1.165, 1.54) is 0 Å². The van der Waals surface area contributed by atoms with Crippen LogP contribution in [-0.4, -0.2) is 37.3 Å². The molecule has 1 heterocycles. The lowest BCUT2D eigenvalue weighted by Gasteiger charge is -2.37. The molecule has 1 aliphatic heterocycles. The highest BCUT2D eigenvalue weighted by atomic mass is 19.1. The molecule has 1 rings (SSSR count). The minimum absolute atomic E-state index is 0.516. The second-order valence-corrected chi connectivity index (χ2v) is 3.56. The third kappa shape index (κ3) is 1.69. The van der Waals surface area contributed by atoms with Crippen molar-refractivity contribution in [2.24, 2.45) is 0 Å². The maximum Gasteiger partial charge on any atom is 0.111 e. The van der Waals surface area contributed by atoms with E-state index in [9.17, 15) is 4.39 Å². The van der Waals surface area contributed by atoms with Crippen molar-refractivity contribution in [3.8, 4) is 0 Å². The first-order valence-electron chi connectivity index (χ1n) is 4.14. The van der Waals surface area contributed by atoms with Crippen molar-refractivity contribution >= 4 is 0 Å². The van der Waals surface area contributed by atoms with Gasteiger partial charge in [-0.1, -0.05) is 0 Å². The van der Waals surface area contributed by atoms with E-state index in [2.05, 4.69) is 14.0 Å². The number of piperidine rings is 1. The van der Waals surface area contributed by atoms with Crippen LogP contribution in [0.25, 0.3) is 0 Å². The van der Waals surface area contributed by atoms with Gasteiger partial charge in [0.05, 0.1) is 26.7 Å². The Bertz CT molecular complexity index is 106. The zero-order valence-corrected chi connectivity index (χ0v) is 6.94. The zero-order chi connectivity index (χ0) is 7.61. The Morgan fingerprint density at radius 1 is 1.40 bits per heavy atom. The lowest BCUT2D eigenvalue weighted by Crippen LogP contribution is -2.49. The summed E-state index contributed by atoms with van der Waals surface area (Å²) in [6.07, 6.45) is 1.02. The van der Waals surface area contributed by atoms with Gasteiger partial charge in [-0.25, -0.2) is 4.39 Å². The summed E-state index contributed by atoms with van der Waals surface area (Å²) in [6.45, 7) is 5.38. The molecule has 0 spiro atoms. The molecule has 1 fully saturated rings. The van der Waals surface area contributed by atoms with Crippen molar-refractivity contribution in [3.63, 3.8) is 0 Å². The van der Waals surface area contributed by atoms with E-state index >= 15 is 0 Å². The Labute approximate surface area is 62.4 Å². The lowest BCUT2D eigenvalue weighted by molar-refractivity contribution is -0.913. The van der Waals surface area contributed by atoms with Crippen molar-refractivity contribution in [2.45, 2.75) is 25.9 Å². The fourth-order valence-corrected chi connectivity index (χ4v) is 1.48. The van der Waals surface area contributed by atoms with Gasteiger partial charge in [-0.3, -0.25) is 0 Å². The van der Waals surface area contributed by atoms with Gasteiger partial charge in [-0.2, -0.15) is 0 Å². The van der Waals surface area contributed by atoms with Gasteiger partial charge in [0.2, 0.25) is 0 Å². The summed E-state index contributed by atoms with van der Waals surface area (Å²) in [5.41, 5.74) is 0. The fraction of sp³-hybridized carbons (Fsp3) is 1.00. The van der Waals surface area contributed by atoms with E-state index in [4.69, 9.17) is 0 Å². The molecule has 0 bridgehead atoms. The molecule has 0 unspecified atom stereocenters. The molecule has 1 nitrogen and oxygen atoms in total. The average Bonchev–Trinajstić information content (AvgIpc) is 1.96. The predicted octanol–water partition coefficient (Wildman–Crippen LogP) is 1.58. The summed E-state index contributed by atoms with van der Waals surface area (Å²) in [7, 11) is 2.21. The van der Waals surface area contributed by atoms with Gasteiger partial charge < -0.3 is 4.48 Å². The number of likely N-dealkylation sites (tertiary alicyclic amines) is 1. The van der Waals surface area contributed by atoms with Crippen LogP contribution in [-0.2, 0) is 0 Å². The van der Waals surface area contributed by atoms with Crippen LogP contribution < -0.4 is 0 Å². The fourth-order valence-electron chi connectivity index (χ4n) is 1.48. The number of alkyl halides is 1. The minimum Gasteiger partial charge on any atom is -0.326 e. The van der Waals surface area contributed by atoms with Crippen LogP contribution in [0.5, 0.6) is 0 Å². The molecular formula is C8H17FN+. The van der Waals surface area contributed by atoms with Gasteiger partial charge in [-0.15, -0.1) is 0 Å². The maximum atomic E-state index is 12.7. The van der Waals surface area contributed by atoms with Crippen LogP contribution in [0.15, 0.2) is 0 Å². The molecule has 2 heteroatoms. The van der Waals surface area contributed by atoms with E-state index in [1.54, 1.807) is 0 Å². The van der Waals surface area contributed by atoms with Crippen molar-refractivity contribution in [1.29, 1.82) is 0 Å². The first-order valence-corrected chi connectivity index (χ1v) is 4.14. The zero-order valence-electron chi connectivity index (χ0n) is 6.94. The van der Waals surface area contributed by atoms with Crippen LogP contribution >= 0.6 is 0 Å². The largest absolute Gasteiger partial charge is 0.326 e. The topological polar surface area (TPSA) is 0 Å². The number of nitrogens with zero attached hydrogens (tertiary/aromatic N) is 1. The molecule has 0 aromatic heterocycles. The van der Waals surface area contributed by atoms with Crippen LogP contribution in [0.2, 0.25) is 0 Å². The number of quaternary nitrogens is 1. The number of rotatable bonds is 1. The first kappa shape index (κ1) is 7.99. The second kappa shape index (κ2) is 2.87. The van der Waals surface area contributed by atoms with Crippen LogP contribution in [0.3, 0.4) is 0 Å². The van der Waals surface area contributed by atoms with E-state index < -0.39 is 6.17 Å². The van der Waals surface area contributed by atoms with Crippen molar-refractivity contribution in [1.82, 2.24) is 0 Å². The highest BCUT2D eigenvalue weighted by Gasteiger charge is 2.27. The normalized spacial score (nSPS) is 41.7. The molecule has 0 atom stereocenters. The van der Waals surface area contributed by atoms with Crippen molar-refractivity contribution in [2.75, 3.05) is 26.7 Å². The SMILES string of the molecule is CC[N+]1(C)CCC(F)CC1. The first-order chi connectivity index (χ1) is 4.66. The summed E-state index contributed by atoms with van der Waals surface area (Å²) in [6, 6.07) is 0. The number of halogens is 1. The summed E-state index contributed by atoms with van der Waals surface area (Å²) < 4.78 is 13.7. The Morgan fingerprint density at radius 3 is 2.30 bits per heavy atom. The molecular weight excluding hydrogens is 129 g/mol. The standard InChI is InChI=1S/C8H17FN/c1-3-10(2)6-4-8(9)5-7-10/h8H,3-7H2,1-2H3/q+1. The van der Waals surface area contributed by atoms with Gasteiger partial charge in [-0.05, 0) is 6.92 Å². The lowest BCUT2D eigenvalue weighted by atomic mass is 10.1. The van der Waals surface area contributed by atoms with Gasteiger partial charge in [0.1, 0.15) is 6.17 Å². The second-order valence-electron chi connectivity index (χ2n) is 3.56. The van der Waals surface area contributed by atoms with Crippen LogP contribution in [0, 0.1) is 0 Å². The monoisotopic (exact) mass is 146 g/mol. The van der Waals surface area contributed by atoms with E-state index in [0.717, 1.165) is 37.0 Å². The van der Waals surface area contributed by atoms with Gasteiger partial charge in [0.15, 0.2) is 0 Å². The number of hydrogen-bond acceptors (Lipinski definition) is 0. The summed E-state index contributed by atoms with van der Waals surface area (Å²) in [4.78, 5) is 0. The smallest absolute Gasteiger partial charge is 0.111 e. The van der Waals surface area contributed by atoms with Crippen LogP contribution in [0.1, 0.15) is 19.8 Å². The molecule has 10 heavy (non-hydrogen) atoms. The Hall–Kier alpha value is -0.110. The third-order valence-electron chi connectivity index (χ3n) is 2.73. The molecule has 60 valence electrons. The van der Waals surface area contributed by atoms with E-state index in [1.807, 2.05) is 0 Å². The molecule has 0 N–H and O–H groups in total. The highest BCUT2D eigenvalue weighted by Crippen LogP contribution is 2.18. The number of hydrogen-bond donors (Lipinski definition) is 0. The minimum atomic E-state index is -0.516. The third-order valence-corrected chi connectivity index (χ3v) is 2.73. The van der Waals surface area contributed by atoms with E-state index in [-0.39, 0.29) is 0 Å². The molecule has 0 aromatic rings. The predicted molar refractivity (Wildman–Crippen MR) is 40.6 cm³/mol. The van der Waals surface area contributed by atoms with Crippen LogP contribution in [0.4, 0.5) is 4.39 Å². The maximum absolute atomic E-state index is 12.7. The summed E-state index contributed by atoms with van der Waals surface area (Å²) in [5, 5.41) is 0. The molecule has 1 saturated heterocycles. The summed E-state index contributed by atoms with van der Waals surface area (Å²) in [5.74, 6) is 0. The van der Waals surface area contributed by atoms with Crippen molar-refractivity contribution in [3.05, 3.63) is 0 Å². The average molecular weight is 146 g/mol. The highest BCUT2D eigenvalue weighted by molar-refractivity contribution is 4.61. The summed E-state index contributed by atoms with van der Waals surface area (Å²) >= 11 is 0. The molecule has 0 saturated carbocycles. The molecule has 0 amide bonds. The Morgan fingerprint density at radius 2 is 1.90 bits per heavy atom. The van der Waals surface area contributed by atoms with E-state index in [0.29, 0.717) is 0 Å². The van der Waals surface area contributed by atoms with Gasteiger partial charge in [0, 0.05) is 12.8 Å². The Kier molecular flexibility index (Phi) is 2.29. The molecule has 0 aromatic carbocycles. The molecule has 0 aliphatic carbocycles.